The Morgan fingerprint density at radius 3 is 2.62 bits per heavy atom. The van der Waals surface area contributed by atoms with E-state index in [1.165, 1.54) is 0 Å². The summed E-state index contributed by atoms with van der Waals surface area (Å²) in [5, 5.41) is 0.198. The lowest BCUT2D eigenvalue weighted by Gasteiger charge is -2.24. The molecule has 1 aliphatic carbocycles. The molecule has 0 radical (unpaired) electrons. The third-order valence-electron chi connectivity index (χ3n) is 3.82. The Bertz CT molecular complexity index is 594. The van der Waals surface area contributed by atoms with E-state index in [2.05, 4.69) is 0 Å². The first-order valence-electron chi connectivity index (χ1n) is 7.03. The molecule has 3 rings (SSSR count). The zero-order chi connectivity index (χ0) is 14.8. The molecular weight excluding hydrogens is 292 g/mol. The topological polar surface area (TPSA) is 52.6 Å². The van der Waals surface area contributed by atoms with Crippen LogP contribution in [0.3, 0.4) is 0 Å². The van der Waals surface area contributed by atoms with Gasteiger partial charge in [-0.25, -0.2) is 4.79 Å². The fraction of sp³-hybridized carbons (Fsp3) is 0.375. The molecule has 1 aliphatic heterocycles. The molecule has 2 atom stereocenters. The summed E-state index contributed by atoms with van der Waals surface area (Å²) in [5.41, 5.74) is 0. The van der Waals surface area contributed by atoms with Crippen LogP contribution in [0.4, 0.5) is 0 Å². The fourth-order valence-electron chi connectivity index (χ4n) is 2.73. The molecule has 0 unspecified atom stereocenters. The number of cyclic esters (lactones) is 1. The molecule has 5 heteroatoms. The van der Waals surface area contributed by atoms with Crippen LogP contribution < -0.4 is 4.74 Å². The van der Waals surface area contributed by atoms with Gasteiger partial charge in [0.1, 0.15) is 16.6 Å². The molecule has 1 aromatic rings. The molecule has 1 heterocycles. The summed E-state index contributed by atoms with van der Waals surface area (Å²) in [6.07, 6.45) is 2.38. The smallest absolute Gasteiger partial charge is 0.376 e. The van der Waals surface area contributed by atoms with Gasteiger partial charge in [0.15, 0.2) is 6.10 Å². The minimum absolute atomic E-state index is 0.00811. The Balaban J connectivity index is 1.82. The molecule has 0 N–H and O–H groups in total. The van der Waals surface area contributed by atoms with Crippen LogP contribution in [0.1, 0.15) is 25.7 Å². The second kappa shape index (κ2) is 5.90. The molecular formula is C16H15ClO4. The quantitative estimate of drug-likeness (QED) is 0.805. The van der Waals surface area contributed by atoms with E-state index in [1.807, 2.05) is 6.07 Å². The molecule has 2 aliphatic rings. The van der Waals surface area contributed by atoms with E-state index in [0.29, 0.717) is 18.6 Å². The van der Waals surface area contributed by atoms with Crippen LogP contribution in [-0.4, -0.2) is 17.9 Å². The lowest BCUT2D eigenvalue weighted by atomic mass is 9.84. The van der Waals surface area contributed by atoms with E-state index in [9.17, 15) is 9.59 Å². The van der Waals surface area contributed by atoms with Crippen LogP contribution in [0.2, 0.25) is 0 Å². The monoisotopic (exact) mass is 306 g/mol. The van der Waals surface area contributed by atoms with Crippen LogP contribution in [0.15, 0.2) is 41.1 Å². The van der Waals surface area contributed by atoms with Crippen LogP contribution >= 0.6 is 11.6 Å². The number of rotatable bonds is 3. The summed E-state index contributed by atoms with van der Waals surface area (Å²) in [6, 6.07) is 8.89. The maximum absolute atomic E-state index is 12.0. The van der Waals surface area contributed by atoms with E-state index >= 15 is 0 Å². The lowest BCUT2D eigenvalue weighted by molar-refractivity contribution is -0.146. The third kappa shape index (κ3) is 2.81. The summed E-state index contributed by atoms with van der Waals surface area (Å²) >= 11 is 6.24. The van der Waals surface area contributed by atoms with Crippen LogP contribution in [-0.2, 0) is 14.3 Å². The minimum atomic E-state index is -0.689. The molecule has 110 valence electrons. The van der Waals surface area contributed by atoms with Crippen molar-refractivity contribution in [1.29, 1.82) is 0 Å². The Labute approximate surface area is 127 Å². The second-order valence-electron chi connectivity index (χ2n) is 5.24. The summed E-state index contributed by atoms with van der Waals surface area (Å²) < 4.78 is 10.8. The highest BCUT2D eigenvalue weighted by atomic mass is 35.5. The third-order valence-corrected chi connectivity index (χ3v) is 4.20. The summed E-state index contributed by atoms with van der Waals surface area (Å²) in [7, 11) is 0. The van der Waals surface area contributed by atoms with Gasteiger partial charge in [0.2, 0.25) is 5.76 Å². The predicted molar refractivity (Wildman–Crippen MR) is 76.8 cm³/mol. The number of ketones is 1. The van der Waals surface area contributed by atoms with Gasteiger partial charge >= 0.3 is 5.97 Å². The second-order valence-corrected chi connectivity index (χ2v) is 5.64. The minimum Gasteiger partial charge on any atom is -0.450 e. The van der Waals surface area contributed by atoms with Crippen molar-refractivity contribution in [1.82, 2.24) is 0 Å². The van der Waals surface area contributed by atoms with Gasteiger partial charge in [0.05, 0.1) is 5.92 Å². The van der Waals surface area contributed by atoms with Gasteiger partial charge in [-0.3, -0.25) is 4.79 Å². The van der Waals surface area contributed by atoms with Gasteiger partial charge in [0.25, 0.3) is 0 Å². The van der Waals surface area contributed by atoms with Gasteiger partial charge in [-0.1, -0.05) is 36.2 Å². The number of hydrogen-bond acceptors (Lipinski definition) is 4. The molecule has 1 saturated carbocycles. The molecule has 1 aromatic carbocycles. The van der Waals surface area contributed by atoms with Crippen molar-refractivity contribution in [3.05, 3.63) is 41.1 Å². The van der Waals surface area contributed by atoms with Crippen molar-refractivity contribution in [2.45, 2.75) is 31.8 Å². The Morgan fingerprint density at radius 2 is 1.90 bits per heavy atom. The van der Waals surface area contributed by atoms with Crippen molar-refractivity contribution < 1.29 is 19.1 Å². The van der Waals surface area contributed by atoms with E-state index < -0.39 is 12.1 Å². The van der Waals surface area contributed by atoms with E-state index in [0.717, 1.165) is 12.8 Å². The maximum Gasteiger partial charge on any atom is 0.376 e. The Morgan fingerprint density at radius 1 is 1.14 bits per heavy atom. The van der Waals surface area contributed by atoms with E-state index in [1.54, 1.807) is 24.3 Å². The number of ether oxygens (including phenoxy) is 2. The van der Waals surface area contributed by atoms with Crippen molar-refractivity contribution in [3.63, 3.8) is 0 Å². The summed E-state index contributed by atoms with van der Waals surface area (Å²) in [6.45, 7) is 0. The molecule has 1 fully saturated rings. The number of carbonyl (C=O) groups is 2. The molecule has 0 aromatic heterocycles. The van der Waals surface area contributed by atoms with Crippen LogP contribution in [0, 0.1) is 5.92 Å². The van der Waals surface area contributed by atoms with Crippen molar-refractivity contribution in [3.8, 4) is 5.75 Å². The van der Waals surface area contributed by atoms with Gasteiger partial charge in [-0.15, -0.1) is 0 Å². The first-order valence-corrected chi connectivity index (χ1v) is 7.41. The van der Waals surface area contributed by atoms with Crippen LogP contribution in [0.5, 0.6) is 5.75 Å². The van der Waals surface area contributed by atoms with Crippen molar-refractivity contribution >= 4 is 23.4 Å². The van der Waals surface area contributed by atoms with Gasteiger partial charge in [-0.2, -0.15) is 0 Å². The zero-order valence-corrected chi connectivity index (χ0v) is 12.1. The standard InChI is InChI=1S/C16H15ClO4/c17-13-14(11-8-4-5-9-12(11)18)21-16(19)15(13)20-10-6-2-1-3-7-10/h1-3,6-7,11,14H,4-5,8-9H2/t11-,14+/m0/s1. The molecule has 0 spiro atoms. The van der Waals surface area contributed by atoms with E-state index in [-0.39, 0.29) is 22.5 Å². The molecule has 4 nitrogen and oxygen atoms in total. The molecule has 0 saturated heterocycles. The highest BCUT2D eigenvalue weighted by Gasteiger charge is 2.43. The Hall–Kier alpha value is -1.81. The SMILES string of the molecule is O=C1O[C@H]([C@H]2CCCCC2=O)C(Cl)=C1Oc1ccccc1. The average molecular weight is 307 g/mol. The molecule has 0 amide bonds. The lowest BCUT2D eigenvalue weighted by Crippen LogP contribution is -2.31. The average Bonchev–Trinajstić information content (AvgIpc) is 2.77. The summed E-state index contributed by atoms with van der Waals surface area (Å²) in [4.78, 5) is 23.9. The molecule has 21 heavy (non-hydrogen) atoms. The number of halogens is 1. The van der Waals surface area contributed by atoms with E-state index in [4.69, 9.17) is 21.1 Å². The van der Waals surface area contributed by atoms with Gasteiger partial charge < -0.3 is 9.47 Å². The number of carbonyl (C=O) groups excluding carboxylic acids is 2. The largest absolute Gasteiger partial charge is 0.450 e. The normalized spacial score (nSPS) is 26.0. The summed E-state index contributed by atoms with van der Waals surface area (Å²) in [5.74, 6) is -0.332. The number of benzene rings is 1. The van der Waals surface area contributed by atoms with Gasteiger partial charge in [0, 0.05) is 6.42 Å². The maximum atomic E-state index is 12.0. The number of Topliss-reactive ketones (excluding diaryl/α,β-unsaturated/α-hetero) is 1. The first-order chi connectivity index (χ1) is 10.2. The predicted octanol–water partition coefficient (Wildman–Crippen LogP) is 3.20. The van der Waals surface area contributed by atoms with Crippen LogP contribution in [0.25, 0.3) is 0 Å². The van der Waals surface area contributed by atoms with Crippen molar-refractivity contribution in [2.24, 2.45) is 5.92 Å². The number of para-hydroxylation sites is 1. The first kappa shape index (κ1) is 14.1. The van der Waals surface area contributed by atoms with Crippen molar-refractivity contribution in [2.75, 3.05) is 0 Å². The fourth-order valence-corrected chi connectivity index (χ4v) is 3.05. The highest BCUT2D eigenvalue weighted by Crippen LogP contribution is 2.37. The highest BCUT2D eigenvalue weighted by molar-refractivity contribution is 6.33. The number of esters is 1. The zero-order valence-electron chi connectivity index (χ0n) is 11.4. The van der Waals surface area contributed by atoms with Gasteiger partial charge in [-0.05, 0) is 25.0 Å². The Kier molecular flexibility index (Phi) is 3.97. The number of hydrogen-bond donors (Lipinski definition) is 0. The molecule has 0 bridgehead atoms.